The monoisotopic (exact) mass is 675 g/mol. The molecule has 11 aromatic rings. The summed E-state index contributed by atoms with van der Waals surface area (Å²) in [6, 6.07) is 61.6. The molecule has 246 valence electrons. The average molecular weight is 676 g/mol. The molecule has 11 rings (SSSR count). The fraction of sp³-hybridized carbons (Fsp3) is 0. The summed E-state index contributed by atoms with van der Waals surface area (Å²) in [4.78, 5) is 15.9. The maximum Gasteiger partial charge on any atom is 0.164 e. The highest BCUT2D eigenvalue weighted by atomic mass is 16.3. The molecular formula is C49H29N3O. The number of para-hydroxylation sites is 1. The third kappa shape index (κ3) is 4.73. The molecule has 0 unspecified atom stereocenters. The van der Waals surface area contributed by atoms with Crippen LogP contribution >= 0.6 is 0 Å². The van der Waals surface area contributed by atoms with Gasteiger partial charge in [-0.1, -0.05) is 152 Å². The van der Waals surface area contributed by atoms with E-state index in [1.165, 1.54) is 32.3 Å². The van der Waals surface area contributed by atoms with Crippen LogP contribution in [0.15, 0.2) is 180 Å². The van der Waals surface area contributed by atoms with Crippen molar-refractivity contribution in [1.82, 2.24) is 15.0 Å². The molecule has 0 N–H and O–H groups in total. The Balaban J connectivity index is 1.21. The molecule has 0 aliphatic heterocycles. The van der Waals surface area contributed by atoms with E-state index in [0.717, 1.165) is 60.5 Å². The molecule has 0 atom stereocenters. The Morgan fingerprint density at radius 2 is 0.887 bits per heavy atom. The number of furan rings is 1. The Bertz CT molecular complexity index is 3250. The van der Waals surface area contributed by atoms with Crippen molar-refractivity contribution in [1.29, 1.82) is 0 Å². The molecule has 0 aliphatic rings. The third-order valence-electron chi connectivity index (χ3n) is 10.5. The van der Waals surface area contributed by atoms with Crippen LogP contribution in [-0.4, -0.2) is 15.0 Å². The van der Waals surface area contributed by atoms with Crippen molar-refractivity contribution in [3.8, 4) is 45.3 Å². The van der Waals surface area contributed by atoms with Gasteiger partial charge in [0.1, 0.15) is 11.2 Å². The van der Waals surface area contributed by atoms with E-state index in [-0.39, 0.29) is 0 Å². The number of aromatic nitrogens is 3. The van der Waals surface area contributed by atoms with Gasteiger partial charge in [0.25, 0.3) is 0 Å². The van der Waals surface area contributed by atoms with Crippen molar-refractivity contribution < 1.29 is 4.42 Å². The minimum Gasteiger partial charge on any atom is -0.456 e. The molecule has 0 spiro atoms. The second-order valence-corrected chi connectivity index (χ2v) is 13.5. The number of hydrogen-bond acceptors (Lipinski definition) is 4. The zero-order valence-corrected chi connectivity index (χ0v) is 28.5. The molecule has 53 heavy (non-hydrogen) atoms. The zero-order chi connectivity index (χ0) is 34.9. The van der Waals surface area contributed by atoms with Crippen molar-refractivity contribution >= 4 is 65.0 Å². The van der Waals surface area contributed by atoms with Crippen molar-refractivity contribution in [2.75, 3.05) is 0 Å². The second kappa shape index (κ2) is 11.7. The highest BCUT2D eigenvalue weighted by Crippen LogP contribution is 2.42. The first-order valence-corrected chi connectivity index (χ1v) is 17.9. The lowest BCUT2D eigenvalue weighted by molar-refractivity contribution is 0.669. The van der Waals surface area contributed by atoms with Gasteiger partial charge in [-0.2, -0.15) is 0 Å². The highest BCUT2D eigenvalue weighted by molar-refractivity contribution is 6.21. The number of rotatable bonds is 4. The second-order valence-electron chi connectivity index (χ2n) is 13.5. The summed E-state index contributed by atoms with van der Waals surface area (Å²) >= 11 is 0. The molecule has 0 saturated heterocycles. The van der Waals surface area contributed by atoms with E-state index in [2.05, 4.69) is 158 Å². The first-order valence-electron chi connectivity index (χ1n) is 17.9. The first kappa shape index (κ1) is 29.5. The van der Waals surface area contributed by atoms with Crippen LogP contribution in [0, 0.1) is 0 Å². The number of fused-ring (bicyclic) bond motifs is 9. The van der Waals surface area contributed by atoms with Crippen molar-refractivity contribution in [2.45, 2.75) is 0 Å². The molecule has 2 aromatic heterocycles. The minimum atomic E-state index is 0.612. The molecule has 0 radical (unpaired) electrons. The molecule has 4 nitrogen and oxygen atoms in total. The van der Waals surface area contributed by atoms with Gasteiger partial charge >= 0.3 is 0 Å². The summed E-state index contributed by atoms with van der Waals surface area (Å²) in [6.45, 7) is 0. The van der Waals surface area contributed by atoms with E-state index in [1.54, 1.807) is 0 Å². The van der Waals surface area contributed by atoms with Crippen LogP contribution in [0.1, 0.15) is 0 Å². The summed E-state index contributed by atoms with van der Waals surface area (Å²) in [5.41, 5.74) is 6.64. The van der Waals surface area contributed by atoms with E-state index in [0.29, 0.717) is 17.5 Å². The topological polar surface area (TPSA) is 51.8 Å². The summed E-state index contributed by atoms with van der Waals surface area (Å²) in [5.74, 6) is 1.87. The van der Waals surface area contributed by atoms with Gasteiger partial charge in [-0.05, 0) is 78.5 Å². The summed E-state index contributed by atoms with van der Waals surface area (Å²) in [7, 11) is 0. The van der Waals surface area contributed by atoms with E-state index < -0.39 is 0 Å². The lowest BCUT2D eigenvalue weighted by Crippen LogP contribution is -2.02. The van der Waals surface area contributed by atoms with E-state index in [9.17, 15) is 0 Å². The Hall–Kier alpha value is -7.17. The molecule has 4 heteroatoms. The standard InChI is InChI=1S/C49H29N3O/c1-2-14-32-28-33(25-24-30(32)12-1)47-50-48(40-19-8-7-18-37(40)39-21-11-23-45-46(39)41-20-9-10-22-44(41)53-45)52-49(51-47)43-29-42-34-15-4-3-13-31(34)26-27-38(42)35-16-5-6-17-36(35)43/h1-29H. The van der Waals surface area contributed by atoms with Gasteiger partial charge in [-0.25, -0.2) is 15.0 Å². The Morgan fingerprint density at radius 1 is 0.302 bits per heavy atom. The van der Waals surface area contributed by atoms with Crippen molar-refractivity contribution in [3.63, 3.8) is 0 Å². The SMILES string of the molecule is c1ccc(-c2cccc3oc4ccccc4c23)c(-c2nc(-c3ccc4ccccc4c3)nc(-c3cc4c5ccccc5ccc4c4ccccc34)n2)c1. The fourth-order valence-electron chi connectivity index (χ4n) is 8.03. The lowest BCUT2D eigenvalue weighted by Gasteiger charge is -2.15. The summed E-state index contributed by atoms with van der Waals surface area (Å²) in [5, 5.41) is 11.5. The van der Waals surface area contributed by atoms with Crippen LogP contribution in [0.3, 0.4) is 0 Å². The van der Waals surface area contributed by atoms with Gasteiger partial charge in [-0.3, -0.25) is 0 Å². The predicted molar refractivity (Wildman–Crippen MR) is 219 cm³/mol. The molecule has 0 aliphatic carbocycles. The maximum absolute atomic E-state index is 6.31. The number of hydrogen-bond donors (Lipinski definition) is 0. The molecule has 9 aromatic carbocycles. The van der Waals surface area contributed by atoms with Crippen LogP contribution in [0.4, 0.5) is 0 Å². The third-order valence-corrected chi connectivity index (χ3v) is 10.5. The van der Waals surface area contributed by atoms with E-state index >= 15 is 0 Å². The first-order chi connectivity index (χ1) is 26.3. The lowest BCUT2D eigenvalue weighted by atomic mass is 9.93. The summed E-state index contributed by atoms with van der Waals surface area (Å²) in [6.07, 6.45) is 0. The van der Waals surface area contributed by atoms with Crippen LogP contribution in [-0.2, 0) is 0 Å². The highest BCUT2D eigenvalue weighted by Gasteiger charge is 2.20. The summed E-state index contributed by atoms with van der Waals surface area (Å²) < 4.78 is 6.31. The normalized spacial score (nSPS) is 11.8. The van der Waals surface area contributed by atoms with Gasteiger partial charge in [0.2, 0.25) is 0 Å². The molecule has 2 heterocycles. The van der Waals surface area contributed by atoms with E-state index in [4.69, 9.17) is 19.4 Å². The van der Waals surface area contributed by atoms with Crippen LogP contribution in [0.5, 0.6) is 0 Å². The average Bonchev–Trinajstić information content (AvgIpc) is 3.62. The smallest absolute Gasteiger partial charge is 0.164 e. The largest absolute Gasteiger partial charge is 0.456 e. The van der Waals surface area contributed by atoms with Gasteiger partial charge in [-0.15, -0.1) is 0 Å². The van der Waals surface area contributed by atoms with Gasteiger partial charge in [0.15, 0.2) is 17.5 Å². The van der Waals surface area contributed by atoms with E-state index in [1.807, 2.05) is 18.2 Å². The fourth-order valence-corrected chi connectivity index (χ4v) is 8.03. The van der Waals surface area contributed by atoms with Gasteiger partial charge < -0.3 is 4.42 Å². The Labute approximate surface area is 304 Å². The van der Waals surface area contributed by atoms with Gasteiger partial charge in [0, 0.05) is 27.5 Å². The Kier molecular flexibility index (Phi) is 6.52. The van der Waals surface area contributed by atoms with Gasteiger partial charge in [0.05, 0.1) is 0 Å². The number of nitrogens with zero attached hydrogens (tertiary/aromatic N) is 3. The zero-order valence-electron chi connectivity index (χ0n) is 28.5. The van der Waals surface area contributed by atoms with Crippen LogP contribution in [0.25, 0.3) is 110 Å². The predicted octanol–water partition coefficient (Wildman–Crippen LogP) is 13.1. The van der Waals surface area contributed by atoms with Crippen LogP contribution in [0.2, 0.25) is 0 Å². The van der Waals surface area contributed by atoms with Crippen molar-refractivity contribution in [3.05, 3.63) is 176 Å². The number of benzene rings is 9. The quantitative estimate of drug-likeness (QED) is 0.174. The Morgan fingerprint density at radius 3 is 1.75 bits per heavy atom. The molecule has 0 amide bonds. The van der Waals surface area contributed by atoms with Crippen molar-refractivity contribution in [2.24, 2.45) is 0 Å². The molecule has 0 saturated carbocycles. The molecular weight excluding hydrogens is 647 g/mol. The van der Waals surface area contributed by atoms with Crippen LogP contribution < -0.4 is 0 Å². The molecule has 0 bridgehead atoms. The maximum atomic E-state index is 6.31. The molecule has 0 fully saturated rings. The minimum absolute atomic E-state index is 0.612.